The number of hydrogen-bond acceptors (Lipinski definition) is 7. The second kappa shape index (κ2) is 13.8. The summed E-state index contributed by atoms with van der Waals surface area (Å²) in [6.45, 7) is 3.29. The summed E-state index contributed by atoms with van der Waals surface area (Å²) in [7, 11) is 0. The van der Waals surface area contributed by atoms with Crippen molar-refractivity contribution in [2.75, 3.05) is 0 Å². The van der Waals surface area contributed by atoms with Gasteiger partial charge in [-0.05, 0) is 41.3 Å². The van der Waals surface area contributed by atoms with E-state index in [1.165, 1.54) is 13.8 Å². The molecule has 0 aromatic heterocycles. The molecule has 204 valence electrons. The monoisotopic (exact) mass is 538 g/mol. The van der Waals surface area contributed by atoms with E-state index in [0.29, 0.717) is 42.4 Å². The number of esters is 2. The van der Waals surface area contributed by atoms with Gasteiger partial charge in [0.1, 0.15) is 36.2 Å². The van der Waals surface area contributed by atoms with Crippen molar-refractivity contribution in [2.24, 2.45) is 0 Å². The van der Waals surface area contributed by atoms with Crippen LogP contribution in [-0.4, -0.2) is 17.7 Å². The third-order valence-corrected chi connectivity index (χ3v) is 5.92. The fourth-order valence-corrected chi connectivity index (χ4v) is 4.01. The summed E-state index contributed by atoms with van der Waals surface area (Å²) < 4.78 is 22.4. The molecule has 4 aromatic carbocycles. The summed E-state index contributed by atoms with van der Waals surface area (Å²) in [6, 6.07) is 29.4. The van der Waals surface area contributed by atoms with Crippen LogP contribution in [0.25, 0.3) is 0 Å². The molecule has 0 saturated heterocycles. The topological polar surface area (TPSA) is 88.1 Å². The lowest BCUT2D eigenvalue weighted by Crippen LogP contribution is -2.10. The van der Waals surface area contributed by atoms with Crippen molar-refractivity contribution in [1.29, 1.82) is 0 Å². The van der Waals surface area contributed by atoms with Crippen molar-refractivity contribution >= 4 is 17.7 Å². The van der Waals surface area contributed by atoms with Gasteiger partial charge < -0.3 is 18.9 Å². The molecule has 4 rings (SSSR count). The van der Waals surface area contributed by atoms with Gasteiger partial charge in [-0.1, -0.05) is 66.7 Å². The first-order valence-corrected chi connectivity index (χ1v) is 12.9. The van der Waals surface area contributed by atoms with Crippen molar-refractivity contribution in [1.82, 2.24) is 0 Å². The van der Waals surface area contributed by atoms with Crippen molar-refractivity contribution in [3.63, 3.8) is 0 Å². The molecule has 0 aliphatic carbocycles. The first kappa shape index (κ1) is 28.1. The fraction of sp³-hybridized carbons (Fsp3) is 0.182. The molecule has 7 heteroatoms. The van der Waals surface area contributed by atoms with Crippen molar-refractivity contribution in [2.45, 2.75) is 39.9 Å². The fourth-order valence-electron chi connectivity index (χ4n) is 4.01. The Morgan fingerprint density at radius 3 is 1.65 bits per heavy atom. The smallest absolute Gasteiger partial charge is 0.308 e. The quantitative estimate of drug-likeness (QED) is 0.115. The number of ether oxygens (including phenoxy) is 4. The molecule has 0 atom stereocenters. The molecule has 0 saturated carbocycles. The highest BCUT2D eigenvalue weighted by Gasteiger charge is 2.18. The number of ketones is 1. The number of benzene rings is 4. The van der Waals surface area contributed by atoms with Crippen LogP contribution in [-0.2, 0) is 29.2 Å². The first-order valence-electron chi connectivity index (χ1n) is 12.9. The molecule has 0 spiro atoms. The van der Waals surface area contributed by atoms with E-state index in [-0.39, 0.29) is 23.5 Å². The van der Waals surface area contributed by atoms with Gasteiger partial charge >= 0.3 is 11.9 Å². The lowest BCUT2D eigenvalue weighted by Gasteiger charge is -2.14. The van der Waals surface area contributed by atoms with Gasteiger partial charge in [-0.3, -0.25) is 14.4 Å². The highest BCUT2D eigenvalue weighted by molar-refractivity contribution is 5.99. The van der Waals surface area contributed by atoms with Gasteiger partial charge in [0.2, 0.25) is 0 Å². The van der Waals surface area contributed by atoms with Crippen molar-refractivity contribution in [3.05, 3.63) is 119 Å². The minimum Gasteiger partial charge on any atom is -0.489 e. The Labute approximate surface area is 233 Å². The lowest BCUT2D eigenvalue weighted by atomic mass is 10.0. The Morgan fingerprint density at radius 2 is 1.10 bits per heavy atom. The van der Waals surface area contributed by atoms with Crippen LogP contribution in [0.3, 0.4) is 0 Å². The van der Waals surface area contributed by atoms with Crippen LogP contribution in [0.1, 0.15) is 47.3 Å². The van der Waals surface area contributed by atoms with E-state index < -0.39 is 11.9 Å². The predicted molar refractivity (Wildman–Crippen MR) is 150 cm³/mol. The van der Waals surface area contributed by atoms with Crippen LogP contribution in [0, 0.1) is 0 Å². The lowest BCUT2D eigenvalue weighted by molar-refractivity contribution is -0.132. The molecule has 0 aliphatic heterocycles. The van der Waals surface area contributed by atoms with Gasteiger partial charge in [-0.2, -0.15) is 0 Å². The zero-order valence-corrected chi connectivity index (χ0v) is 22.4. The summed E-state index contributed by atoms with van der Waals surface area (Å²) in [5.74, 6) is 0.222. The van der Waals surface area contributed by atoms with Gasteiger partial charge in [0.05, 0.1) is 5.56 Å². The van der Waals surface area contributed by atoms with Crippen molar-refractivity contribution in [3.8, 4) is 23.0 Å². The van der Waals surface area contributed by atoms with Crippen LogP contribution in [0.4, 0.5) is 0 Å². The minimum absolute atomic E-state index is 0.0942. The maximum Gasteiger partial charge on any atom is 0.308 e. The maximum atomic E-state index is 13.2. The Bertz CT molecular complexity index is 1460. The minimum atomic E-state index is -0.544. The average molecular weight is 539 g/mol. The largest absolute Gasteiger partial charge is 0.489 e. The SMILES string of the molecule is CC(=O)Oc1cc(OCc2ccccc2)ccc1CCC(=O)c1ccc(OCc2ccccc2)cc1OC(C)=O. The third-order valence-electron chi connectivity index (χ3n) is 5.92. The summed E-state index contributed by atoms with van der Waals surface area (Å²) >= 11 is 0. The van der Waals surface area contributed by atoms with E-state index in [1.54, 1.807) is 36.4 Å². The normalized spacial score (nSPS) is 10.4. The molecule has 0 radical (unpaired) electrons. The molecule has 0 N–H and O–H groups in total. The van der Waals surface area contributed by atoms with E-state index in [2.05, 4.69) is 0 Å². The zero-order chi connectivity index (χ0) is 28.3. The predicted octanol–water partition coefficient (Wildman–Crippen LogP) is 6.51. The van der Waals surface area contributed by atoms with Crippen LogP contribution in [0.2, 0.25) is 0 Å². The number of carbonyl (C=O) groups is 3. The molecule has 0 unspecified atom stereocenters. The third kappa shape index (κ3) is 8.30. The molecule has 0 bridgehead atoms. The molecule has 0 aliphatic rings. The van der Waals surface area contributed by atoms with Crippen molar-refractivity contribution < 1.29 is 33.3 Å². The highest BCUT2D eigenvalue weighted by atomic mass is 16.5. The molecule has 7 nitrogen and oxygen atoms in total. The zero-order valence-electron chi connectivity index (χ0n) is 22.4. The number of carbonyl (C=O) groups excluding carboxylic acids is 3. The number of aryl methyl sites for hydroxylation is 1. The Balaban J connectivity index is 1.45. The molecule has 0 heterocycles. The Morgan fingerprint density at radius 1 is 0.600 bits per heavy atom. The van der Waals surface area contributed by atoms with Crippen LogP contribution in [0.5, 0.6) is 23.0 Å². The molecule has 0 amide bonds. The molecule has 40 heavy (non-hydrogen) atoms. The number of hydrogen-bond donors (Lipinski definition) is 0. The van der Waals surface area contributed by atoms with Crippen LogP contribution in [0.15, 0.2) is 97.1 Å². The van der Waals surface area contributed by atoms with E-state index in [0.717, 1.165) is 11.1 Å². The highest BCUT2D eigenvalue weighted by Crippen LogP contribution is 2.30. The average Bonchev–Trinajstić information content (AvgIpc) is 2.95. The number of rotatable bonds is 12. The van der Waals surface area contributed by atoms with Gasteiger partial charge in [0, 0.05) is 32.4 Å². The maximum absolute atomic E-state index is 13.2. The van der Waals surface area contributed by atoms with E-state index in [1.807, 2.05) is 60.7 Å². The molecule has 4 aromatic rings. The summed E-state index contributed by atoms with van der Waals surface area (Å²) in [5, 5.41) is 0. The van der Waals surface area contributed by atoms with E-state index in [9.17, 15) is 14.4 Å². The van der Waals surface area contributed by atoms with Gasteiger partial charge in [-0.25, -0.2) is 0 Å². The summed E-state index contributed by atoms with van der Waals surface area (Å²) in [4.78, 5) is 36.7. The first-order chi connectivity index (χ1) is 19.4. The molecule has 0 fully saturated rings. The van der Waals surface area contributed by atoms with Gasteiger partial charge in [0.15, 0.2) is 5.78 Å². The van der Waals surface area contributed by atoms with E-state index in [4.69, 9.17) is 18.9 Å². The van der Waals surface area contributed by atoms with Gasteiger partial charge in [-0.15, -0.1) is 0 Å². The van der Waals surface area contributed by atoms with Crippen LogP contribution >= 0.6 is 0 Å². The molecular weight excluding hydrogens is 508 g/mol. The van der Waals surface area contributed by atoms with Crippen LogP contribution < -0.4 is 18.9 Å². The Kier molecular flexibility index (Phi) is 9.67. The molecular formula is C33H30O7. The second-order valence-corrected chi connectivity index (χ2v) is 9.09. The summed E-state index contributed by atoms with van der Waals surface area (Å²) in [5.41, 5.74) is 2.93. The number of Topliss-reactive ketones (excluding diaryl/α,β-unsaturated/α-hetero) is 1. The Hall–Kier alpha value is -4.91. The van der Waals surface area contributed by atoms with E-state index >= 15 is 0 Å². The standard InChI is InChI=1S/C33H30O7/c1-23(34)39-32-19-28(37-21-25-9-5-3-6-10-25)15-13-27(32)14-18-31(36)30-17-16-29(20-33(30)40-24(2)35)38-22-26-11-7-4-8-12-26/h3-13,15-17,19-20H,14,18,21-22H2,1-2H3. The second-order valence-electron chi connectivity index (χ2n) is 9.09. The van der Waals surface area contributed by atoms with Gasteiger partial charge in [0.25, 0.3) is 0 Å². The summed E-state index contributed by atoms with van der Waals surface area (Å²) in [6.07, 6.45) is 0.392.